The third kappa shape index (κ3) is 2.98. The van der Waals surface area contributed by atoms with Gasteiger partial charge in [0.15, 0.2) is 0 Å². The number of nitrogens with one attached hydrogen (secondary N) is 1. The highest BCUT2D eigenvalue weighted by atomic mass is 16.5. The Morgan fingerprint density at radius 3 is 3.00 bits per heavy atom. The number of ether oxygens (including phenoxy) is 1. The Bertz CT molecular complexity index is 1200. The normalized spacial score (nSPS) is 17.0. The number of nitrogens with zero attached hydrogens (tertiary/aromatic N) is 2. The Labute approximate surface area is 155 Å². The molecule has 1 N–H and O–H groups in total. The average molecular weight is 361 g/mol. The van der Waals surface area contributed by atoms with Gasteiger partial charge in [0.2, 0.25) is 0 Å². The number of rotatable bonds is 3. The molecule has 0 unspecified atom stereocenters. The minimum atomic E-state index is -0.401. The molecular weight excluding hydrogens is 342 g/mol. The Morgan fingerprint density at radius 2 is 2.15 bits per heavy atom. The van der Waals surface area contributed by atoms with E-state index in [1.54, 1.807) is 6.07 Å². The zero-order chi connectivity index (χ0) is 18.4. The lowest BCUT2D eigenvalue weighted by atomic mass is 10.1. The number of aryl methyl sites for hydroxylation is 1. The monoisotopic (exact) mass is 361 g/mol. The van der Waals surface area contributed by atoms with E-state index in [0.717, 1.165) is 41.9 Å². The Morgan fingerprint density at radius 1 is 1.22 bits per heavy atom. The maximum absolute atomic E-state index is 12.6. The smallest absolute Gasteiger partial charge is 0.345 e. The molecule has 136 valence electrons. The van der Waals surface area contributed by atoms with Crippen LogP contribution in [0.1, 0.15) is 12.0 Å². The molecule has 4 aromatic rings. The molecular formula is C21H19N3O3. The van der Waals surface area contributed by atoms with Crippen molar-refractivity contribution in [3.63, 3.8) is 0 Å². The van der Waals surface area contributed by atoms with Gasteiger partial charge >= 0.3 is 5.63 Å². The zero-order valence-electron chi connectivity index (χ0n) is 14.9. The van der Waals surface area contributed by atoms with E-state index in [9.17, 15) is 4.79 Å². The summed E-state index contributed by atoms with van der Waals surface area (Å²) >= 11 is 0. The Hall–Kier alpha value is -3.12. The molecule has 0 aliphatic carbocycles. The van der Waals surface area contributed by atoms with Gasteiger partial charge in [-0.05, 0) is 49.7 Å². The summed E-state index contributed by atoms with van der Waals surface area (Å²) in [5.41, 5.74) is 3.10. The zero-order valence-corrected chi connectivity index (χ0v) is 14.9. The van der Waals surface area contributed by atoms with Crippen LogP contribution in [-0.2, 0) is 0 Å². The molecule has 0 amide bonds. The molecule has 4 heterocycles. The summed E-state index contributed by atoms with van der Waals surface area (Å²) in [4.78, 5) is 17.1. The molecule has 0 radical (unpaired) electrons. The predicted octanol–water partition coefficient (Wildman–Crippen LogP) is 3.16. The van der Waals surface area contributed by atoms with Gasteiger partial charge in [-0.25, -0.2) is 9.78 Å². The number of aromatic nitrogens is 2. The van der Waals surface area contributed by atoms with Crippen molar-refractivity contribution in [2.45, 2.75) is 19.4 Å². The maximum atomic E-state index is 12.6. The summed E-state index contributed by atoms with van der Waals surface area (Å²) in [5.74, 6) is 0.718. The van der Waals surface area contributed by atoms with Crippen molar-refractivity contribution >= 4 is 16.6 Å². The van der Waals surface area contributed by atoms with Crippen molar-refractivity contribution in [1.29, 1.82) is 0 Å². The van der Waals surface area contributed by atoms with E-state index in [4.69, 9.17) is 9.15 Å². The molecule has 0 saturated carbocycles. The summed E-state index contributed by atoms with van der Waals surface area (Å²) in [5, 5.41) is 4.11. The molecule has 6 heteroatoms. The predicted molar refractivity (Wildman–Crippen MR) is 103 cm³/mol. The van der Waals surface area contributed by atoms with E-state index in [0.29, 0.717) is 16.8 Å². The second-order valence-corrected chi connectivity index (χ2v) is 6.98. The molecule has 1 aliphatic rings. The summed E-state index contributed by atoms with van der Waals surface area (Å²) in [6.07, 6.45) is 4.98. The lowest BCUT2D eigenvalue weighted by Gasteiger charge is -2.12. The van der Waals surface area contributed by atoms with E-state index in [2.05, 4.69) is 10.3 Å². The van der Waals surface area contributed by atoms with Gasteiger partial charge in [-0.3, -0.25) is 0 Å². The standard InChI is InChI=1S/C21H19N3O3/c1-13-2-5-20-23-18(12-24(20)11-13)17-8-14-3-4-15(9-19(14)27-21(17)25)26-16-6-7-22-10-16/h2-5,8-9,11-12,16,22H,6-7,10H2,1H3/t16-/m1/s1. The molecule has 3 aromatic heterocycles. The summed E-state index contributed by atoms with van der Waals surface area (Å²) < 4.78 is 13.4. The number of fused-ring (bicyclic) bond motifs is 2. The van der Waals surface area contributed by atoms with Crippen molar-refractivity contribution in [2.24, 2.45) is 0 Å². The van der Waals surface area contributed by atoms with Gasteiger partial charge in [-0.15, -0.1) is 0 Å². The van der Waals surface area contributed by atoms with Gasteiger partial charge < -0.3 is 18.9 Å². The van der Waals surface area contributed by atoms with Crippen LogP contribution >= 0.6 is 0 Å². The lowest BCUT2D eigenvalue weighted by Crippen LogP contribution is -2.19. The van der Waals surface area contributed by atoms with E-state index in [1.807, 2.05) is 54.0 Å². The molecule has 0 spiro atoms. The quantitative estimate of drug-likeness (QED) is 0.568. The third-order valence-electron chi connectivity index (χ3n) is 4.90. The largest absolute Gasteiger partial charge is 0.489 e. The van der Waals surface area contributed by atoms with Gasteiger partial charge in [-0.2, -0.15) is 0 Å². The van der Waals surface area contributed by atoms with Crippen LogP contribution in [0.2, 0.25) is 0 Å². The minimum Gasteiger partial charge on any atom is -0.489 e. The number of imidazole rings is 1. The van der Waals surface area contributed by atoms with Crippen LogP contribution in [0.25, 0.3) is 27.9 Å². The summed E-state index contributed by atoms with van der Waals surface area (Å²) in [6, 6.07) is 11.4. The Kier molecular flexibility index (Phi) is 3.72. The molecule has 6 nitrogen and oxygen atoms in total. The highest BCUT2D eigenvalue weighted by molar-refractivity contribution is 5.82. The molecule has 1 saturated heterocycles. The van der Waals surface area contributed by atoms with Crippen LogP contribution in [0, 0.1) is 6.92 Å². The molecule has 1 aromatic carbocycles. The number of pyridine rings is 1. The van der Waals surface area contributed by atoms with Gasteiger partial charge in [0, 0.05) is 30.4 Å². The van der Waals surface area contributed by atoms with Gasteiger partial charge in [-0.1, -0.05) is 6.07 Å². The number of benzene rings is 1. The molecule has 1 aliphatic heterocycles. The first-order valence-corrected chi connectivity index (χ1v) is 9.07. The fraction of sp³-hybridized carbons (Fsp3) is 0.238. The molecule has 1 atom stereocenters. The van der Waals surface area contributed by atoms with E-state index in [-0.39, 0.29) is 6.10 Å². The van der Waals surface area contributed by atoms with Crippen molar-refractivity contribution in [1.82, 2.24) is 14.7 Å². The first-order valence-electron chi connectivity index (χ1n) is 9.07. The van der Waals surface area contributed by atoms with Crippen LogP contribution in [0.5, 0.6) is 5.75 Å². The first kappa shape index (κ1) is 16.1. The fourth-order valence-corrected chi connectivity index (χ4v) is 3.50. The average Bonchev–Trinajstić information content (AvgIpc) is 3.30. The first-order chi connectivity index (χ1) is 13.2. The van der Waals surface area contributed by atoms with E-state index >= 15 is 0 Å². The van der Waals surface area contributed by atoms with Crippen molar-refractivity contribution < 1.29 is 9.15 Å². The highest BCUT2D eigenvalue weighted by Gasteiger charge is 2.17. The van der Waals surface area contributed by atoms with E-state index in [1.165, 1.54) is 0 Å². The second kappa shape index (κ2) is 6.25. The number of hydrogen-bond donors (Lipinski definition) is 1. The van der Waals surface area contributed by atoms with Gasteiger partial charge in [0.25, 0.3) is 0 Å². The topological polar surface area (TPSA) is 68.8 Å². The van der Waals surface area contributed by atoms with Crippen molar-refractivity contribution in [2.75, 3.05) is 13.1 Å². The van der Waals surface area contributed by atoms with Crippen LogP contribution < -0.4 is 15.7 Å². The Balaban J connectivity index is 1.54. The SMILES string of the molecule is Cc1ccc2nc(-c3cc4ccc(O[C@@H]5CCNC5)cc4oc3=O)cn2c1. The maximum Gasteiger partial charge on any atom is 0.345 e. The highest BCUT2D eigenvalue weighted by Crippen LogP contribution is 2.25. The lowest BCUT2D eigenvalue weighted by molar-refractivity contribution is 0.223. The fourth-order valence-electron chi connectivity index (χ4n) is 3.50. The van der Waals surface area contributed by atoms with Gasteiger partial charge in [0.1, 0.15) is 23.1 Å². The van der Waals surface area contributed by atoms with Crippen LogP contribution in [0.4, 0.5) is 0 Å². The van der Waals surface area contributed by atoms with Crippen LogP contribution in [0.15, 0.2) is 58.0 Å². The van der Waals surface area contributed by atoms with Gasteiger partial charge in [0.05, 0.1) is 11.3 Å². The van der Waals surface area contributed by atoms with Crippen LogP contribution in [-0.4, -0.2) is 28.6 Å². The van der Waals surface area contributed by atoms with E-state index < -0.39 is 5.63 Å². The number of hydrogen-bond acceptors (Lipinski definition) is 5. The van der Waals surface area contributed by atoms with Crippen LogP contribution in [0.3, 0.4) is 0 Å². The molecule has 27 heavy (non-hydrogen) atoms. The van der Waals surface area contributed by atoms with Crippen molar-refractivity contribution in [3.8, 4) is 17.0 Å². The molecule has 0 bridgehead atoms. The summed E-state index contributed by atoms with van der Waals surface area (Å²) in [6.45, 7) is 3.83. The van der Waals surface area contributed by atoms with Crippen molar-refractivity contribution in [3.05, 3.63) is 64.8 Å². The second-order valence-electron chi connectivity index (χ2n) is 6.98. The third-order valence-corrected chi connectivity index (χ3v) is 4.90. The summed E-state index contributed by atoms with van der Waals surface area (Å²) in [7, 11) is 0. The molecule has 1 fully saturated rings. The minimum absolute atomic E-state index is 0.162. The molecule has 5 rings (SSSR count).